The molecule has 0 bridgehead atoms. The van der Waals surface area contributed by atoms with Gasteiger partial charge in [-0.3, -0.25) is 0 Å². The highest BCUT2D eigenvalue weighted by molar-refractivity contribution is 7.27. The molecule has 0 spiro atoms. The maximum atomic E-state index is 7.12. The average molecular weight is 729 g/mol. The second-order valence-corrected chi connectivity index (χ2v) is 16.1. The van der Waals surface area contributed by atoms with Gasteiger partial charge in [-0.05, 0) is 50.7 Å². The third-order valence-electron chi connectivity index (χ3n) is 10.9. The van der Waals surface area contributed by atoms with Gasteiger partial charge in [0.1, 0.15) is 5.17 Å². The smallest absolute Gasteiger partial charge is 0.145 e. The molecular weight excluding hydrogens is 704 g/mol. The van der Waals surface area contributed by atoms with E-state index in [1.807, 2.05) is 17.4 Å². The molecule has 2 nitrogen and oxygen atoms in total. The Labute approximate surface area is 316 Å². The van der Waals surface area contributed by atoms with Gasteiger partial charge in [-0.25, -0.2) is 4.99 Å². The number of halogens is 1. The summed E-state index contributed by atoms with van der Waals surface area (Å²) in [6.45, 7) is 0. The van der Waals surface area contributed by atoms with E-state index in [-0.39, 0.29) is 0 Å². The first-order chi connectivity index (χ1) is 26.2. The Hall–Kier alpha value is -6.00. The Kier molecular flexibility index (Phi) is 6.14. The summed E-state index contributed by atoms with van der Waals surface area (Å²) in [4.78, 5) is 6.07. The van der Waals surface area contributed by atoms with Gasteiger partial charge in [0, 0.05) is 53.5 Å². The minimum atomic E-state index is 0.443. The Bertz CT molecular complexity index is 3510. The molecule has 0 N–H and O–H groups in total. The van der Waals surface area contributed by atoms with Crippen LogP contribution in [-0.2, 0) is 0 Å². The summed E-state index contributed by atoms with van der Waals surface area (Å²) in [6, 6.07) is 52.8. The number of nitrogens with zero attached hydrogens (tertiary/aromatic N) is 2. The molecule has 0 saturated heterocycles. The van der Waals surface area contributed by atoms with Gasteiger partial charge in [0.25, 0.3) is 0 Å². The Morgan fingerprint density at radius 1 is 0.528 bits per heavy atom. The first kappa shape index (κ1) is 29.6. The quantitative estimate of drug-likeness (QED) is 0.158. The first-order valence-corrected chi connectivity index (χ1v) is 19.7. The maximum Gasteiger partial charge on any atom is 0.145 e. The lowest BCUT2D eigenvalue weighted by Gasteiger charge is -2.13. The fourth-order valence-corrected chi connectivity index (χ4v) is 11.3. The van der Waals surface area contributed by atoms with E-state index >= 15 is 0 Å². The van der Waals surface area contributed by atoms with Crippen molar-refractivity contribution in [1.82, 2.24) is 4.57 Å². The summed E-state index contributed by atoms with van der Waals surface area (Å²) in [5, 5.41) is 14.2. The van der Waals surface area contributed by atoms with E-state index in [0.29, 0.717) is 5.17 Å². The number of benzene rings is 8. The second kappa shape index (κ2) is 11.0. The molecule has 0 saturated carbocycles. The van der Waals surface area contributed by atoms with Crippen LogP contribution in [0.3, 0.4) is 0 Å². The van der Waals surface area contributed by atoms with Crippen molar-refractivity contribution in [3.63, 3.8) is 0 Å². The minimum Gasteiger partial charge on any atom is -0.307 e. The zero-order valence-electron chi connectivity index (χ0n) is 28.0. The molecule has 1 aliphatic rings. The fourth-order valence-electron chi connectivity index (χ4n) is 8.59. The van der Waals surface area contributed by atoms with Crippen LogP contribution in [0, 0.1) is 0 Å². The molecule has 3 aromatic heterocycles. The Morgan fingerprint density at radius 3 is 2.04 bits per heavy atom. The summed E-state index contributed by atoms with van der Waals surface area (Å²) < 4.78 is 6.32. The maximum absolute atomic E-state index is 7.12. The lowest BCUT2D eigenvalue weighted by molar-refractivity contribution is 1.19. The normalized spacial score (nSPS) is 13.2. The Morgan fingerprint density at radius 2 is 1.21 bits per heavy atom. The largest absolute Gasteiger partial charge is 0.307 e. The molecule has 0 atom stereocenters. The van der Waals surface area contributed by atoms with Crippen LogP contribution in [-0.4, -0.2) is 9.74 Å². The molecular formula is C48H25ClN2S2. The number of rotatable bonds is 2. The SMILES string of the molecule is ClC1=Nc2c(sc3ccccc23)C=C=C1c1cccc(-n2c3c4ccccc4ccc3c3c4ccccc4c4c5ccc6ccccc6c5sc4c32)c1. The number of aliphatic imine (C=N–C) groups is 1. The topological polar surface area (TPSA) is 17.3 Å². The van der Waals surface area contributed by atoms with Gasteiger partial charge in [0.05, 0.1) is 31.9 Å². The first-order valence-electron chi connectivity index (χ1n) is 17.7. The van der Waals surface area contributed by atoms with Crippen LogP contribution < -0.4 is 0 Å². The lowest BCUT2D eigenvalue weighted by Crippen LogP contribution is -1.98. The Balaban J connectivity index is 1.22. The number of hydrogen-bond donors (Lipinski definition) is 0. The van der Waals surface area contributed by atoms with Crippen LogP contribution in [0.25, 0.3) is 102 Å². The molecule has 0 fully saturated rings. The van der Waals surface area contributed by atoms with Crippen molar-refractivity contribution in [1.29, 1.82) is 0 Å². The number of fused-ring (bicyclic) bond motifs is 17. The van der Waals surface area contributed by atoms with Gasteiger partial charge in [-0.1, -0.05) is 139 Å². The number of allylic oxidation sites excluding steroid dienone is 1. The summed E-state index contributed by atoms with van der Waals surface area (Å²) in [6.07, 6.45) is 2.05. The number of thiophene rings is 2. The van der Waals surface area contributed by atoms with Crippen LogP contribution >= 0.6 is 34.3 Å². The predicted octanol–water partition coefficient (Wildman–Crippen LogP) is 14.8. The van der Waals surface area contributed by atoms with E-state index < -0.39 is 0 Å². The van der Waals surface area contributed by atoms with Gasteiger partial charge in [0.2, 0.25) is 0 Å². The van der Waals surface area contributed by atoms with Gasteiger partial charge in [-0.15, -0.1) is 28.4 Å². The standard InChI is InChI=1S/C48H25ClN2S2/c49-48-33(24-25-40-43(50-48)36-18-7-8-19-39(36)52-40)29-12-9-13-30(26-29)51-44-31-14-3-1-10-27(31)20-22-37(44)41-34-16-5-6-17-35(34)42-38-23-21-28-11-2-4-15-32(28)46(38)53-47(42)45(41)51/h1-23,25-26H. The minimum absolute atomic E-state index is 0.443. The van der Waals surface area contributed by atoms with E-state index in [1.54, 1.807) is 11.3 Å². The number of hydrogen-bond acceptors (Lipinski definition) is 3. The zero-order valence-corrected chi connectivity index (χ0v) is 30.4. The molecule has 4 heterocycles. The molecule has 12 rings (SSSR count). The highest BCUT2D eigenvalue weighted by Gasteiger charge is 2.24. The molecule has 11 aromatic rings. The third kappa shape index (κ3) is 4.12. The van der Waals surface area contributed by atoms with E-state index in [9.17, 15) is 0 Å². The van der Waals surface area contributed by atoms with Gasteiger partial charge in [-0.2, -0.15) is 0 Å². The fraction of sp³-hybridized carbons (Fsp3) is 0. The van der Waals surface area contributed by atoms with E-state index in [0.717, 1.165) is 32.8 Å². The zero-order chi connectivity index (χ0) is 34.8. The molecule has 0 aliphatic carbocycles. The molecule has 246 valence electrons. The monoisotopic (exact) mass is 728 g/mol. The molecule has 5 heteroatoms. The summed E-state index contributed by atoms with van der Waals surface area (Å²) in [7, 11) is 0. The van der Waals surface area contributed by atoms with Gasteiger partial charge < -0.3 is 4.57 Å². The highest BCUT2D eigenvalue weighted by Crippen LogP contribution is 2.50. The van der Waals surface area contributed by atoms with Crippen molar-refractivity contribution in [2.24, 2.45) is 4.99 Å². The predicted molar refractivity (Wildman–Crippen MR) is 232 cm³/mol. The molecule has 53 heavy (non-hydrogen) atoms. The highest BCUT2D eigenvalue weighted by atomic mass is 35.5. The van der Waals surface area contributed by atoms with Crippen molar-refractivity contribution in [2.45, 2.75) is 0 Å². The summed E-state index contributed by atoms with van der Waals surface area (Å²) >= 11 is 10.8. The van der Waals surface area contributed by atoms with Crippen LogP contribution in [0.15, 0.2) is 156 Å². The van der Waals surface area contributed by atoms with Crippen molar-refractivity contribution in [2.75, 3.05) is 0 Å². The van der Waals surface area contributed by atoms with Crippen molar-refractivity contribution < 1.29 is 0 Å². The van der Waals surface area contributed by atoms with Gasteiger partial charge >= 0.3 is 0 Å². The molecule has 0 amide bonds. The van der Waals surface area contributed by atoms with E-state index in [2.05, 4.69) is 156 Å². The molecule has 8 aromatic carbocycles. The summed E-state index contributed by atoms with van der Waals surface area (Å²) in [5.41, 5.74) is 9.74. The second-order valence-electron chi connectivity index (χ2n) is 13.7. The molecule has 0 radical (unpaired) electrons. The average Bonchev–Trinajstić information content (AvgIpc) is 3.85. The van der Waals surface area contributed by atoms with E-state index in [4.69, 9.17) is 16.6 Å². The van der Waals surface area contributed by atoms with E-state index in [1.165, 1.54) is 79.0 Å². The number of aromatic nitrogens is 1. The van der Waals surface area contributed by atoms with Crippen molar-refractivity contribution >= 4 is 141 Å². The van der Waals surface area contributed by atoms with Crippen LogP contribution in [0.5, 0.6) is 0 Å². The summed E-state index contributed by atoms with van der Waals surface area (Å²) in [5.74, 6) is 0. The lowest BCUT2D eigenvalue weighted by atomic mass is 9.97. The van der Waals surface area contributed by atoms with Crippen LogP contribution in [0.1, 0.15) is 10.4 Å². The third-order valence-corrected chi connectivity index (χ3v) is 13.5. The molecule has 0 unspecified atom stereocenters. The van der Waals surface area contributed by atoms with Crippen LogP contribution in [0.4, 0.5) is 5.69 Å². The van der Waals surface area contributed by atoms with Crippen molar-refractivity contribution in [3.8, 4) is 5.69 Å². The van der Waals surface area contributed by atoms with Crippen molar-refractivity contribution in [3.05, 3.63) is 162 Å². The molecule has 1 aliphatic heterocycles. The van der Waals surface area contributed by atoms with Crippen LogP contribution in [0.2, 0.25) is 0 Å². The van der Waals surface area contributed by atoms with Gasteiger partial charge in [0.15, 0.2) is 0 Å².